The van der Waals surface area contributed by atoms with E-state index in [0.717, 1.165) is 23.3 Å². The second-order valence-electron chi connectivity index (χ2n) is 4.25. The normalized spacial score (nSPS) is 10.3. The molecule has 6 heteroatoms. The molecule has 0 aliphatic rings. The fourth-order valence-electron chi connectivity index (χ4n) is 1.73. The molecule has 2 N–H and O–H groups in total. The van der Waals surface area contributed by atoms with Gasteiger partial charge in [-0.1, -0.05) is 24.3 Å². The third-order valence-corrected chi connectivity index (χ3v) is 2.85. The number of benzene rings is 2. The van der Waals surface area contributed by atoms with Gasteiger partial charge < -0.3 is 10.4 Å². The summed E-state index contributed by atoms with van der Waals surface area (Å²) in [5.74, 6) is -0.854. The fourth-order valence-corrected chi connectivity index (χ4v) is 1.73. The molecule has 0 saturated heterocycles. The van der Waals surface area contributed by atoms with Gasteiger partial charge in [-0.25, -0.2) is 0 Å². The number of nitrogens with zero attached hydrogens (tertiary/aromatic N) is 1. The van der Waals surface area contributed by atoms with Crippen LogP contribution in [0.2, 0.25) is 0 Å². The van der Waals surface area contributed by atoms with E-state index in [0.29, 0.717) is 12.2 Å². The zero-order valence-corrected chi connectivity index (χ0v) is 10.5. The predicted octanol–water partition coefficient (Wildman–Crippen LogP) is 2.84. The quantitative estimate of drug-likeness (QED) is 0.650. The molecule has 0 fully saturated rings. The molecule has 104 valence electrons. The minimum absolute atomic E-state index is 0.0160. The van der Waals surface area contributed by atoms with Crippen molar-refractivity contribution in [3.8, 4) is 0 Å². The van der Waals surface area contributed by atoms with Crippen LogP contribution in [-0.4, -0.2) is 10.0 Å². The van der Waals surface area contributed by atoms with Gasteiger partial charge in [0.05, 0.1) is 11.5 Å². The van der Waals surface area contributed by atoms with Gasteiger partial charge >= 0.3 is 5.69 Å². The van der Waals surface area contributed by atoms with Crippen LogP contribution in [-0.2, 0) is 13.2 Å². The van der Waals surface area contributed by atoms with Gasteiger partial charge in [-0.2, -0.15) is 4.39 Å². The number of anilines is 1. The van der Waals surface area contributed by atoms with Crippen molar-refractivity contribution in [3.63, 3.8) is 0 Å². The molecule has 0 heterocycles. The zero-order chi connectivity index (χ0) is 14.5. The molecule has 0 aromatic heterocycles. The van der Waals surface area contributed by atoms with E-state index in [1.165, 1.54) is 6.07 Å². The van der Waals surface area contributed by atoms with E-state index < -0.39 is 16.4 Å². The van der Waals surface area contributed by atoms with E-state index in [-0.39, 0.29) is 6.61 Å². The zero-order valence-electron chi connectivity index (χ0n) is 10.5. The second kappa shape index (κ2) is 6.12. The maximum absolute atomic E-state index is 13.2. The van der Waals surface area contributed by atoms with E-state index in [1.807, 2.05) is 12.1 Å². The molecule has 0 spiro atoms. The molecule has 0 radical (unpaired) electrons. The first kappa shape index (κ1) is 14.0. The van der Waals surface area contributed by atoms with Crippen LogP contribution >= 0.6 is 0 Å². The van der Waals surface area contributed by atoms with Gasteiger partial charge in [-0.15, -0.1) is 0 Å². The smallest absolute Gasteiger partial charge is 0.306 e. The number of aliphatic hydroxyl groups excluding tert-OH is 1. The first-order valence-electron chi connectivity index (χ1n) is 5.96. The summed E-state index contributed by atoms with van der Waals surface area (Å²) in [6.45, 7) is 0.437. The average molecular weight is 276 g/mol. The Morgan fingerprint density at radius 1 is 1.15 bits per heavy atom. The van der Waals surface area contributed by atoms with Gasteiger partial charge in [-0.05, 0) is 23.3 Å². The Kier molecular flexibility index (Phi) is 4.27. The van der Waals surface area contributed by atoms with Gasteiger partial charge in [0.15, 0.2) is 0 Å². The highest BCUT2D eigenvalue weighted by Gasteiger charge is 2.13. The number of nitrogens with one attached hydrogen (secondary N) is 1. The molecule has 0 unspecified atom stereocenters. The summed E-state index contributed by atoms with van der Waals surface area (Å²) in [7, 11) is 0. The summed E-state index contributed by atoms with van der Waals surface area (Å²) in [4.78, 5) is 9.88. The summed E-state index contributed by atoms with van der Waals surface area (Å²) in [6.07, 6.45) is 0. The molecular weight excluding hydrogens is 263 g/mol. The lowest BCUT2D eigenvalue weighted by Crippen LogP contribution is -2.01. The van der Waals surface area contributed by atoms with Crippen LogP contribution < -0.4 is 5.32 Å². The standard InChI is InChI=1S/C14H13FN2O3/c15-13-6-5-12(7-14(13)17(19)20)16-8-10-1-3-11(9-18)4-2-10/h1-7,16,18H,8-9H2. The number of halogens is 1. The lowest BCUT2D eigenvalue weighted by molar-refractivity contribution is -0.387. The predicted molar refractivity (Wildman–Crippen MR) is 72.7 cm³/mol. The van der Waals surface area contributed by atoms with Crippen molar-refractivity contribution in [3.05, 3.63) is 69.5 Å². The summed E-state index contributed by atoms with van der Waals surface area (Å²) < 4.78 is 13.2. The number of nitro benzene ring substituents is 1. The molecule has 0 amide bonds. The van der Waals surface area contributed by atoms with Gasteiger partial charge in [0.2, 0.25) is 5.82 Å². The number of nitro groups is 1. The van der Waals surface area contributed by atoms with Crippen molar-refractivity contribution in [1.82, 2.24) is 0 Å². The van der Waals surface area contributed by atoms with E-state index in [2.05, 4.69) is 5.32 Å². The van der Waals surface area contributed by atoms with Crippen LogP contribution in [0, 0.1) is 15.9 Å². The first-order valence-corrected chi connectivity index (χ1v) is 5.96. The molecule has 2 aromatic rings. The van der Waals surface area contributed by atoms with Crippen molar-refractivity contribution < 1.29 is 14.4 Å². The van der Waals surface area contributed by atoms with Crippen LogP contribution in [0.15, 0.2) is 42.5 Å². The number of hydrogen-bond donors (Lipinski definition) is 2. The molecule has 0 bridgehead atoms. The summed E-state index contributed by atoms with van der Waals surface area (Å²) in [6, 6.07) is 11.0. The molecular formula is C14H13FN2O3. The maximum atomic E-state index is 13.2. The Morgan fingerprint density at radius 3 is 2.40 bits per heavy atom. The van der Waals surface area contributed by atoms with E-state index in [9.17, 15) is 14.5 Å². The van der Waals surface area contributed by atoms with Crippen molar-refractivity contribution in [2.45, 2.75) is 13.2 Å². The fraction of sp³-hybridized carbons (Fsp3) is 0.143. The van der Waals surface area contributed by atoms with Crippen molar-refractivity contribution in [2.75, 3.05) is 5.32 Å². The Balaban J connectivity index is 2.06. The molecule has 2 rings (SSSR count). The Bertz CT molecular complexity index is 614. The summed E-state index contributed by atoms with van der Waals surface area (Å²) in [5.41, 5.74) is 1.69. The monoisotopic (exact) mass is 276 g/mol. The highest BCUT2D eigenvalue weighted by atomic mass is 19.1. The first-order chi connectivity index (χ1) is 9.60. The van der Waals surface area contributed by atoms with E-state index in [1.54, 1.807) is 12.1 Å². The highest BCUT2D eigenvalue weighted by molar-refractivity contribution is 5.52. The Labute approximate surface area is 114 Å². The molecule has 0 aliphatic carbocycles. The minimum Gasteiger partial charge on any atom is -0.392 e. The van der Waals surface area contributed by atoms with Gasteiger partial charge in [0, 0.05) is 18.3 Å². The summed E-state index contributed by atoms with van der Waals surface area (Å²) in [5, 5.41) is 22.6. The largest absolute Gasteiger partial charge is 0.392 e. The van der Waals surface area contributed by atoms with Crippen LogP contribution in [0.5, 0.6) is 0 Å². The van der Waals surface area contributed by atoms with Gasteiger partial charge in [0.1, 0.15) is 0 Å². The Hall–Kier alpha value is -2.47. The molecule has 2 aromatic carbocycles. The molecule has 0 saturated carbocycles. The van der Waals surface area contributed by atoms with Crippen molar-refractivity contribution >= 4 is 11.4 Å². The third-order valence-electron chi connectivity index (χ3n) is 2.85. The third kappa shape index (κ3) is 3.30. The lowest BCUT2D eigenvalue weighted by atomic mass is 10.1. The van der Waals surface area contributed by atoms with Crippen LogP contribution in [0.25, 0.3) is 0 Å². The van der Waals surface area contributed by atoms with Crippen LogP contribution in [0.1, 0.15) is 11.1 Å². The average Bonchev–Trinajstić information content (AvgIpc) is 2.46. The van der Waals surface area contributed by atoms with Crippen LogP contribution in [0.4, 0.5) is 15.8 Å². The Morgan fingerprint density at radius 2 is 1.80 bits per heavy atom. The van der Waals surface area contributed by atoms with Gasteiger partial charge in [0.25, 0.3) is 0 Å². The van der Waals surface area contributed by atoms with Gasteiger partial charge in [-0.3, -0.25) is 10.1 Å². The van der Waals surface area contributed by atoms with E-state index >= 15 is 0 Å². The molecule has 0 aliphatic heterocycles. The molecule has 5 nitrogen and oxygen atoms in total. The van der Waals surface area contributed by atoms with E-state index in [4.69, 9.17) is 5.11 Å². The second-order valence-corrected chi connectivity index (χ2v) is 4.25. The van der Waals surface area contributed by atoms with Crippen LogP contribution in [0.3, 0.4) is 0 Å². The summed E-state index contributed by atoms with van der Waals surface area (Å²) >= 11 is 0. The number of hydrogen-bond acceptors (Lipinski definition) is 4. The number of aliphatic hydroxyl groups is 1. The highest BCUT2D eigenvalue weighted by Crippen LogP contribution is 2.22. The number of rotatable bonds is 5. The lowest BCUT2D eigenvalue weighted by Gasteiger charge is -2.07. The topological polar surface area (TPSA) is 75.4 Å². The SMILES string of the molecule is O=[N+]([O-])c1cc(NCc2ccc(CO)cc2)ccc1F. The van der Waals surface area contributed by atoms with Crippen molar-refractivity contribution in [2.24, 2.45) is 0 Å². The molecule has 0 atom stereocenters. The maximum Gasteiger partial charge on any atom is 0.306 e. The van der Waals surface area contributed by atoms with Crippen molar-refractivity contribution in [1.29, 1.82) is 0 Å². The minimum atomic E-state index is -0.854. The molecule has 20 heavy (non-hydrogen) atoms.